The minimum atomic E-state index is 0.331. The standard InChI is InChI=1S/C16H12N2O2/c1-12-7-15(17-10-19)16(18-11-20)9-14(12)8-13-5-3-2-4-6-13/h2-7,9H,8H2,1H3. The summed E-state index contributed by atoms with van der Waals surface area (Å²) in [5, 5.41) is 0. The number of benzene rings is 2. The highest BCUT2D eigenvalue weighted by atomic mass is 16.1. The molecule has 0 fully saturated rings. The summed E-state index contributed by atoms with van der Waals surface area (Å²) >= 11 is 0. The van der Waals surface area contributed by atoms with Gasteiger partial charge < -0.3 is 0 Å². The predicted molar refractivity (Wildman–Crippen MR) is 76.0 cm³/mol. The lowest BCUT2D eigenvalue weighted by atomic mass is 9.99. The predicted octanol–water partition coefficient (Wildman–Crippen LogP) is 3.52. The van der Waals surface area contributed by atoms with Crippen molar-refractivity contribution >= 4 is 23.5 Å². The van der Waals surface area contributed by atoms with E-state index in [4.69, 9.17) is 0 Å². The SMILES string of the molecule is Cc1cc(N=C=O)c(N=C=O)cc1Cc1ccccc1. The van der Waals surface area contributed by atoms with Crippen LogP contribution in [-0.2, 0) is 16.0 Å². The van der Waals surface area contributed by atoms with E-state index in [1.807, 2.05) is 37.3 Å². The summed E-state index contributed by atoms with van der Waals surface area (Å²) in [6.45, 7) is 1.93. The van der Waals surface area contributed by atoms with Crippen LogP contribution in [0, 0.1) is 6.92 Å². The maximum atomic E-state index is 10.5. The zero-order valence-electron chi connectivity index (χ0n) is 11.0. The van der Waals surface area contributed by atoms with E-state index in [9.17, 15) is 9.59 Å². The number of aryl methyl sites for hydroxylation is 1. The molecule has 0 heterocycles. The van der Waals surface area contributed by atoms with Crippen LogP contribution in [0.4, 0.5) is 11.4 Å². The van der Waals surface area contributed by atoms with Gasteiger partial charge in [-0.3, -0.25) is 0 Å². The molecular formula is C16H12N2O2. The van der Waals surface area contributed by atoms with Gasteiger partial charge in [-0.15, -0.1) is 0 Å². The van der Waals surface area contributed by atoms with Crippen molar-refractivity contribution in [3.8, 4) is 0 Å². The summed E-state index contributed by atoms with van der Waals surface area (Å²) in [5.74, 6) is 0. The quantitative estimate of drug-likeness (QED) is 0.626. The van der Waals surface area contributed by atoms with Crippen LogP contribution in [0.2, 0.25) is 0 Å². The molecule has 0 atom stereocenters. The fourth-order valence-electron chi connectivity index (χ4n) is 2.01. The Hall–Kier alpha value is -2.80. The van der Waals surface area contributed by atoms with Crippen LogP contribution < -0.4 is 0 Å². The molecule has 0 aromatic heterocycles. The Labute approximate surface area is 116 Å². The molecule has 20 heavy (non-hydrogen) atoms. The smallest absolute Gasteiger partial charge is 0.211 e. The highest BCUT2D eigenvalue weighted by Gasteiger charge is 2.07. The third-order valence-electron chi connectivity index (χ3n) is 3.00. The van der Waals surface area contributed by atoms with Gasteiger partial charge in [0.25, 0.3) is 0 Å². The van der Waals surface area contributed by atoms with Gasteiger partial charge in [-0.25, -0.2) is 9.59 Å². The fourth-order valence-corrected chi connectivity index (χ4v) is 2.01. The molecule has 2 aromatic carbocycles. The lowest BCUT2D eigenvalue weighted by Crippen LogP contribution is -1.91. The number of isocyanates is 2. The van der Waals surface area contributed by atoms with E-state index < -0.39 is 0 Å². The average Bonchev–Trinajstić information content (AvgIpc) is 2.45. The number of hydrogen-bond acceptors (Lipinski definition) is 4. The number of aliphatic imine (C=N–C) groups is 2. The number of carbonyl (C=O) groups excluding carboxylic acids is 2. The van der Waals surface area contributed by atoms with Crippen molar-refractivity contribution in [2.24, 2.45) is 9.98 Å². The van der Waals surface area contributed by atoms with Crippen molar-refractivity contribution in [2.75, 3.05) is 0 Å². The Morgan fingerprint density at radius 1 is 0.950 bits per heavy atom. The van der Waals surface area contributed by atoms with Gasteiger partial charge in [0, 0.05) is 0 Å². The first-order valence-electron chi connectivity index (χ1n) is 6.08. The summed E-state index contributed by atoms with van der Waals surface area (Å²) < 4.78 is 0. The molecule has 0 spiro atoms. The molecule has 2 rings (SSSR count). The molecule has 0 bridgehead atoms. The lowest BCUT2D eigenvalue weighted by Gasteiger charge is -2.08. The van der Waals surface area contributed by atoms with Crippen molar-refractivity contribution in [3.05, 3.63) is 59.2 Å². The minimum Gasteiger partial charge on any atom is -0.211 e. The second-order valence-electron chi connectivity index (χ2n) is 4.34. The molecule has 98 valence electrons. The molecular weight excluding hydrogens is 252 g/mol. The van der Waals surface area contributed by atoms with Crippen LogP contribution in [0.15, 0.2) is 52.4 Å². The van der Waals surface area contributed by atoms with E-state index in [0.717, 1.165) is 23.1 Å². The Balaban J connectivity index is 2.46. The van der Waals surface area contributed by atoms with Crippen molar-refractivity contribution in [2.45, 2.75) is 13.3 Å². The third kappa shape index (κ3) is 3.15. The van der Waals surface area contributed by atoms with Gasteiger partial charge in [0.15, 0.2) is 0 Å². The summed E-state index contributed by atoms with van der Waals surface area (Å²) in [6.07, 6.45) is 3.66. The molecule has 0 aliphatic heterocycles. The molecule has 4 nitrogen and oxygen atoms in total. The van der Waals surface area contributed by atoms with Gasteiger partial charge in [-0.05, 0) is 42.2 Å². The second kappa shape index (κ2) is 6.39. The first kappa shape index (κ1) is 13.6. The molecule has 0 aliphatic carbocycles. The molecule has 0 radical (unpaired) electrons. The van der Waals surface area contributed by atoms with Crippen LogP contribution in [0.1, 0.15) is 16.7 Å². The maximum absolute atomic E-state index is 10.5. The van der Waals surface area contributed by atoms with Gasteiger partial charge in [-0.2, -0.15) is 9.98 Å². The maximum Gasteiger partial charge on any atom is 0.240 e. The van der Waals surface area contributed by atoms with Crippen LogP contribution in [0.5, 0.6) is 0 Å². The summed E-state index contributed by atoms with van der Waals surface area (Å²) in [5.41, 5.74) is 3.82. The number of hydrogen-bond donors (Lipinski definition) is 0. The van der Waals surface area contributed by atoms with E-state index in [1.165, 1.54) is 12.2 Å². The van der Waals surface area contributed by atoms with Crippen molar-refractivity contribution in [1.29, 1.82) is 0 Å². The van der Waals surface area contributed by atoms with E-state index in [-0.39, 0.29) is 0 Å². The summed E-state index contributed by atoms with van der Waals surface area (Å²) in [4.78, 5) is 28.0. The fraction of sp³-hybridized carbons (Fsp3) is 0.125. The first-order chi connectivity index (χ1) is 9.74. The Kier molecular flexibility index (Phi) is 4.35. The Morgan fingerprint density at radius 2 is 1.55 bits per heavy atom. The first-order valence-corrected chi connectivity index (χ1v) is 6.08. The third-order valence-corrected chi connectivity index (χ3v) is 3.00. The topological polar surface area (TPSA) is 58.9 Å². The van der Waals surface area contributed by atoms with Gasteiger partial charge >= 0.3 is 0 Å². The van der Waals surface area contributed by atoms with Crippen LogP contribution in [0.3, 0.4) is 0 Å². The largest absolute Gasteiger partial charge is 0.240 e. The zero-order chi connectivity index (χ0) is 14.4. The van der Waals surface area contributed by atoms with Crippen molar-refractivity contribution < 1.29 is 9.59 Å². The van der Waals surface area contributed by atoms with Crippen LogP contribution in [-0.4, -0.2) is 12.2 Å². The molecule has 0 amide bonds. The average molecular weight is 264 g/mol. The molecule has 4 heteroatoms. The normalized spacial score (nSPS) is 9.45. The minimum absolute atomic E-state index is 0.331. The molecule has 0 N–H and O–H groups in total. The van der Waals surface area contributed by atoms with Crippen molar-refractivity contribution in [3.63, 3.8) is 0 Å². The highest BCUT2D eigenvalue weighted by molar-refractivity contribution is 5.70. The van der Waals surface area contributed by atoms with E-state index in [2.05, 4.69) is 9.98 Å². The summed E-state index contributed by atoms with van der Waals surface area (Å²) in [7, 11) is 0. The van der Waals surface area contributed by atoms with Gasteiger partial charge in [0.2, 0.25) is 12.2 Å². The lowest BCUT2D eigenvalue weighted by molar-refractivity contribution is 0.564. The zero-order valence-corrected chi connectivity index (χ0v) is 11.0. The van der Waals surface area contributed by atoms with Crippen molar-refractivity contribution in [1.82, 2.24) is 0 Å². The van der Waals surface area contributed by atoms with Crippen LogP contribution in [0.25, 0.3) is 0 Å². The molecule has 0 saturated carbocycles. The molecule has 0 aliphatic rings. The van der Waals surface area contributed by atoms with E-state index in [1.54, 1.807) is 12.1 Å². The molecule has 0 unspecified atom stereocenters. The Morgan fingerprint density at radius 3 is 2.15 bits per heavy atom. The van der Waals surface area contributed by atoms with Gasteiger partial charge in [0.05, 0.1) is 0 Å². The highest BCUT2D eigenvalue weighted by Crippen LogP contribution is 2.31. The van der Waals surface area contributed by atoms with E-state index in [0.29, 0.717) is 11.4 Å². The monoisotopic (exact) mass is 264 g/mol. The molecule has 0 saturated heterocycles. The molecule has 2 aromatic rings. The summed E-state index contributed by atoms with van der Waals surface area (Å²) in [6, 6.07) is 13.4. The van der Waals surface area contributed by atoms with E-state index >= 15 is 0 Å². The van der Waals surface area contributed by atoms with Gasteiger partial charge in [-0.1, -0.05) is 30.3 Å². The second-order valence-corrected chi connectivity index (χ2v) is 4.34. The number of nitrogens with zero attached hydrogens (tertiary/aromatic N) is 2. The van der Waals surface area contributed by atoms with Crippen LogP contribution >= 0.6 is 0 Å². The number of rotatable bonds is 4. The Bertz CT molecular complexity index is 711. The van der Waals surface area contributed by atoms with Gasteiger partial charge in [0.1, 0.15) is 11.4 Å².